The standard InChI is InChI=1S/C23H26N4O2/c1-16(24-23(29)17-8-3-2-4-9-17)14-21(28)27-13-7-10-18(15-27)22-25-19-11-5-6-12-20(19)26-22/h2-6,8-9,11-12,16,18H,7,10,13-15H2,1H3,(H,24,29)(H,25,26)/t16-,18+/m0/s1. The molecule has 2 N–H and O–H groups in total. The van der Waals surface area contributed by atoms with Gasteiger partial charge in [-0.15, -0.1) is 0 Å². The largest absolute Gasteiger partial charge is 0.349 e. The van der Waals surface area contributed by atoms with E-state index in [1.54, 1.807) is 12.1 Å². The second-order valence-corrected chi connectivity index (χ2v) is 7.76. The first-order chi connectivity index (χ1) is 14.1. The fourth-order valence-electron chi connectivity index (χ4n) is 3.93. The Morgan fingerprint density at radius 2 is 1.93 bits per heavy atom. The Morgan fingerprint density at radius 1 is 1.17 bits per heavy atom. The van der Waals surface area contributed by atoms with Crippen LogP contribution in [0, 0.1) is 0 Å². The number of likely N-dealkylation sites (tertiary alicyclic amines) is 1. The first-order valence-corrected chi connectivity index (χ1v) is 10.2. The predicted octanol–water partition coefficient (Wildman–Crippen LogP) is 3.48. The fourth-order valence-corrected chi connectivity index (χ4v) is 3.93. The zero-order valence-corrected chi connectivity index (χ0v) is 16.6. The van der Waals surface area contributed by atoms with Crippen LogP contribution in [0.5, 0.6) is 0 Å². The summed E-state index contributed by atoms with van der Waals surface area (Å²) >= 11 is 0. The van der Waals surface area contributed by atoms with Crippen molar-refractivity contribution in [3.05, 3.63) is 66.0 Å². The molecule has 1 saturated heterocycles. The number of H-pyrrole nitrogens is 1. The SMILES string of the molecule is C[C@@H](CC(=O)N1CCC[C@@H](c2nc3ccccc3[nH]2)C1)NC(=O)c1ccccc1. The topological polar surface area (TPSA) is 78.1 Å². The highest BCUT2D eigenvalue weighted by atomic mass is 16.2. The average Bonchev–Trinajstić information content (AvgIpc) is 3.19. The number of nitrogens with zero attached hydrogens (tertiary/aromatic N) is 2. The van der Waals surface area contributed by atoms with Crippen LogP contribution >= 0.6 is 0 Å². The molecule has 0 aliphatic carbocycles. The van der Waals surface area contributed by atoms with Gasteiger partial charge in [-0.05, 0) is 44.0 Å². The molecule has 1 aromatic heterocycles. The third kappa shape index (κ3) is 4.47. The molecule has 6 heteroatoms. The van der Waals surface area contributed by atoms with Crippen LogP contribution in [0.15, 0.2) is 54.6 Å². The number of carbonyl (C=O) groups excluding carboxylic acids is 2. The minimum absolute atomic E-state index is 0.0756. The Bertz CT molecular complexity index is 965. The van der Waals surface area contributed by atoms with Crippen molar-refractivity contribution in [3.63, 3.8) is 0 Å². The highest BCUT2D eigenvalue weighted by Gasteiger charge is 2.27. The van der Waals surface area contributed by atoms with Crippen molar-refractivity contribution in [2.24, 2.45) is 0 Å². The number of imidazole rings is 1. The Morgan fingerprint density at radius 3 is 2.72 bits per heavy atom. The van der Waals surface area contributed by atoms with Gasteiger partial charge in [0.1, 0.15) is 5.82 Å². The smallest absolute Gasteiger partial charge is 0.251 e. The summed E-state index contributed by atoms with van der Waals surface area (Å²) in [6.45, 7) is 3.30. The number of para-hydroxylation sites is 2. The summed E-state index contributed by atoms with van der Waals surface area (Å²) in [4.78, 5) is 35.1. The lowest BCUT2D eigenvalue weighted by atomic mass is 9.97. The highest BCUT2D eigenvalue weighted by Crippen LogP contribution is 2.27. The molecule has 2 aromatic carbocycles. The molecule has 0 unspecified atom stereocenters. The molecule has 0 spiro atoms. The van der Waals surface area contributed by atoms with E-state index in [-0.39, 0.29) is 23.8 Å². The van der Waals surface area contributed by atoms with Crippen molar-refractivity contribution >= 4 is 22.8 Å². The number of rotatable bonds is 5. The van der Waals surface area contributed by atoms with Crippen LogP contribution in [0.4, 0.5) is 0 Å². The molecule has 1 fully saturated rings. The lowest BCUT2D eigenvalue weighted by molar-refractivity contribution is -0.132. The van der Waals surface area contributed by atoms with Crippen LogP contribution in [-0.2, 0) is 4.79 Å². The number of amides is 2. The number of hydrogen-bond acceptors (Lipinski definition) is 3. The number of aromatic nitrogens is 2. The molecule has 0 radical (unpaired) electrons. The van der Waals surface area contributed by atoms with Gasteiger partial charge >= 0.3 is 0 Å². The van der Waals surface area contributed by atoms with Crippen molar-refractivity contribution in [3.8, 4) is 0 Å². The Labute approximate surface area is 170 Å². The number of hydrogen-bond donors (Lipinski definition) is 2. The highest BCUT2D eigenvalue weighted by molar-refractivity contribution is 5.94. The molecule has 1 aliphatic rings. The lowest BCUT2D eigenvalue weighted by Gasteiger charge is -2.32. The molecule has 0 saturated carbocycles. The first-order valence-electron chi connectivity index (χ1n) is 10.2. The summed E-state index contributed by atoms with van der Waals surface area (Å²) in [5.74, 6) is 1.10. The third-order valence-corrected chi connectivity index (χ3v) is 5.46. The van der Waals surface area contributed by atoms with Crippen molar-refractivity contribution in [2.75, 3.05) is 13.1 Å². The summed E-state index contributed by atoms with van der Waals surface area (Å²) in [5.41, 5.74) is 2.60. The van der Waals surface area contributed by atoms with Gasteiger partial charge in [-0.3, -0.25) is 9.59 Å². The normalized spacial score (nSPS) is 17.8. The van der Waals surface area contributed by atoms with Gasteiger partial charge < -0.3 is 15.2 Å². The van der Waals surface area contributed by atoms with E-state index in [9.17, 15) is 9.59 Å². The van der Waals surface area contributed by atoms with E-state index in [0.717, 1.165) is 36.2 Å². The minimum atomic E-state index is -0.221. The fraction of sp³-hybridized carbons (Fsp3) is 0.348. The van der Waals surface area contributed by atoms with Gasteiger partial charge in [-0.1, -0.05) is 30.3 Å². The molecule has 2 amide bonds. The molecule has 3 aromatic rings. The van der Waals surface area contributed by atoms with Gasteiger partial charge in [0.15, 0.2) is 0 Å². The molecule has 6 nitrogen and oxygen atoms in total. The Hall–Kier alpha value is -3.15. The number of aromatic amines is 1. The van der Waals surface area contributed by atoms with E-state index in [1.165, 1.54) is 0 Å². The quantitative estimate of drug-likeness (QED) is 0.700. The van der Waals surface area contributed by atoms with Crippen LogP contribution in [0.1, 0.15) is 48.3 Å². The van der Waals surface area contributed by atoms with Crippen molar-refractivity contribution in [1.82, 2.24) is 20.2 Å². The van der Waals surface area contributed by atoms with Crippen LogP contribution in [0.25, 0.3) is 11.0 Å². The monoisotopic (exact) mass is 390 g/mol. The van der Waals surface area contributed by atoms with Crippen molar-refractivity contribution < 1.29 is 9.59 Å². The van der Waals surface area contributed by atoms with Crippen LogP contribution < -0.4 is 5.32 Å². The number of nitrogens with one attached hydrogen (secondary N) is 2. The maximum atomic E-state index is 12.8. The van der Waals surface area contributed by atoms with Gasteiger partial charge in [0.25, 0.3) is 5.91 Å². The molecule has 2 atom stereocenters. The number of fused-ring (bicyclic) bond motifs is 1. The maximum absolute atomic E-state index is 12.8. The lowest BCUT2D eigenvalue weighted by Crippen LogP contribution is -2.43. The van der Waals surface area contributed by atoms with Crippen LogP contribution in [0.2, 0.25) is 0 Å². The molecule has 4 rings (SSSR count). The maximum Gasteiger partial charge on any atom is 0.251 e. The molecule has 150 valence electrons. The first kappa shape index (κ1) is 19.2. The molecule has 29 heavy (non-hydrogen) atoms. The summed E-state index contributed by atoms with van der Waals surface area (Å²) in [5, 5.41) is 2.92. The van der Waals surface area contributed by atoms with E-state index in [4.69, 9.17) is 4.98 Å². The van der Waals surface area contributed by atoms with Gasteiger partial charge in [0.05, 0.1) is 11.0 Å². The van der Waals surface area contributed by atoms with Crippen molar-refractivity contribution in [1.29, 1.82) is 0 Å². The van der Waals surface area contributed by atoms with Crippen LogP contribution in [0.3, 0.4) is 0 Å². The zero-order chi connectivity index (χ0) is 20.2. The van der Waals surface area contributed by atoms with E-state index in [1.807, 2.05) is 54.3 Å². The van der Waals surface area contributed by atoms with Gasteiger partial charge in [-0.2, -0.15) is 0 Å². The van der Waals surface area contributed by atoms with E-state index in [2.05, 4.69) is 10.3 Å². The number of carbonyl (C=O) groups is 2. The molecule has 1 aliphatic heterocycles. The predicted molar refractivity (Wildman–Crippen MR) is 113 cm³/mol. The van der Waals surface area contributed by atoms with E-state index >= 15 is 0 Å². The average molecular weight is 390 g/mol. The molecular weight excluding hydrogens is 364 g/mol. The summed E-state index contributed by atoms with van der Waals surface area (Å²) in [7, 11) is 0. The second kappa shape index (κ2) is 8.47. The van der Waals surface area contributed by atoms with Gasteiger partial charge in [0.2, 0.25) is 5.91 Å². The van der Waals surface area contributed by atoms with E-state index in [0.29, 0.717) is 18.5 Å². The summed E-state index contributed by atoms with van der Waals surface area (Å²) in [6.07, 6.45) is 2.27. The van der Waals surface area contributed by atoms with Gasteiger partial charge in [0, 0.05) is 37.0 Å². The Balaban J connectivity index is 1.35. The molecular formula is C23H26N4O2. The number of piperidine rings is 1. The molecule has 0 bridgehead atoms. The van der Waals surface area contributed by atoms with Gasteiger partial charge in [-0.25, -0.2) is 4.98 Å². The molecule has 2 heterocycles. The summed E-state index contributed by atoms with van der Waals surface area (Å²) in [6, 6.07) is 16.8. The van der Waals surface area contributed by atoms with Crippen LogP contribution in [-0.4, -0.2) is 45.8 Å². The minimum Gasteiger partial charge on any atom is -0.349 e. The van der Waals surface area contributed by atoms with Crippen molar-refractivity contribution in [2.45, 2.75) is 38.1 Å². The second-order valence-electron chi connectivity index (χ2n) is 7.76. The third-order valence-electron chi connectivity index (χ3n) is 5.46. The zero-order valence-electron chi connectivity index (χ0n) is 16.6. The Kier molecular flexibility index (Phi) is 5.60. The number of benzene rings is 2. The summed E-state index contributed by atoms with van der Waals surface area (Å²) < 4.78 is 0. The van der Waals surface area contributed by atoms with E-state index < -0.39 is 0 Å².